The third-order valence-electron chi connectivity index (χ3n) is 5.39. The van der Waals surface area contributed by atoms with E-state index in [0.717, 1.165) is 0 Å². The number of halogens is 2. The van der Waals surface area contributed by atoms with E-state index in [2.05, 4.69) is 20.6 Å². The number of pyridine rings is 1. The average molecular weight is 491 g/mol. The second-order valence-corrected chi connectivity index (χ2v) is 7.98. The van der Waals surface area contributed by atoms with Gasteiger partial charge in [-0.05, 0) is 74.1 Å². The molecule has 0 radical (unpaired) electrons. The molecule has 1 amide bonds. The first kappa shape index (κ1) is 24.7. The van der Waals surface area contributed by atoms with Crippen LogP contribution in [0.5, 0.6) is 11.5 Å². The number of ether oxygens (including phenoxy) is 1. The number of anilines is 1. The molecule has 0 aliphatic rings. The first-order valence-electron chi connectivity index (χ1n) is 11.1. The SMILES string of the molecule is CN[C@@H](C)C(=O)Nc1cnc(-c2ccc(F)cc2)n(Cc2cncc(Oc3ccc(F)cc3)c2)c1=O. The molecule has 0 spiro atoms. The number of likely N-dealkylation sites (N-methyl/N-ethyl adjacent to an activating group) is 1. The van der Waals surface area contributed by atoms with Crippen LogP contribution in [-0.4, -0.2) is 33.5 Å². The molecule has 2 aromatic heterocycles. The first-order valence-corrected chi connectivity index (χ1v) is 11.1. The normalized spacial score (nSPS) is 11.7. The topological polar surface area (TPSA) is 98.1 Å². The fourth-order valence-corrected chi connectivity index (χ4v) is 3.35. The monoisotopic (exact) mass is 491 g/mol. The van der Waals surface area contributed by atoms with Crippen LogP contribution in [0.2, 0.25) is 0 Å². The van der Waals surface area contributed by atoms with Crippen molar-refractivity contribution in [2.24, 2.45) is 0 Å². The minimum atomic E-state index is -0.529. The Kier molecular flexibility index (Phi) is 7.45. The fraction of sp³-hybridized carbons (Fsp3) is 0.154. The van der Waals surface area contributed by atoms with Crippen molar-refractivity contribution in [2.45, 2.75) is 19.5 Å². The molecule has 10 heteroatoms. The van der Waals surface area contributed by atoms with Crippen molar-refractivity contribution in [3.8, 4) is 22.9 Å². The number of nitrogens with zero attached hydrogens (tertiary/aromatic N) is 3. The van der Waals surface area contributed by atoms with Crippen LogP contribution >= 0.6 is 0 Å². The van der Waals surface area contributed by atoms with Crippen LogP contribution in [0.3, 0.4) is 0 Å². The molecule has 2 heterocycles. The molecule has 8 nitrogen and oxygen atoms in total. The molecule has 1 atom stereocenters. The van der Waals surface area contributed by atoms with Crippen molar-refractivity contribution in [2.75, 3.05) is 12.4 Å². The Morgan fingerprint density at radius 1 is 1.00 bits per heavy atom. The summed E-state index contributed by atoms with van der Waals surface area (Å²) < 4.78 is 33.8. The molecule has 0 saturated heterocycles. The van der Waals surface area contributed by atoms with Crippen molar-refractivity contribution >= 4 is 11.6 Å². The Morgan fingerprint density at radius 3 is 2.33 bits per heavy atom. The minimum absolute atomic E-state index is 0.000336. The highest BCUT2D eigenvalue weighted by Crippen LogP contribution is 2.23. The predicted octanol–water partition coefficient (Wildman–Crippen LogP) is 3.97. The maximum atomic E-state index is 13.5. The number of benzene rings is 2. The van der Waals surface area contributed by atoms with E-state index in [1.165, 1.54) is 65.5 Å². The van der Waals surface area contributed by atoms with Gasteiger partial charge in [-0.25, -0.2) is 13.8 Å². The van der Waals surface area contributed by atoms with Gasteiger partial charge >= 0.3 is 0 Å². The summed E-state index contributed by atoms with van der Waals surface area (Å²) in [6.07, 6.45) is 4.33. The number of carbonyl (C=O) groups is 1. The van der Waals surface area contributed by atoms with E-state index in [4.69, 9.17) is 4.74 Å². The van der Waals surface area contributed by atoms with Crippen LogP contribution in [0.25, 0.3) is 11.4 Å². The van der Waals surface area contributed by atoms with E-state index < -0.39 is 23.3 Å². The van der Waals surface area contributed by atoms with Crippen LogP contribution in [0.15, 0.2) is 78.0 Å². The number of carbonyl (C=O) groups excluding carboxylic acids is 1. The molecule has 4 aromatic rings. The van der Waals surface area contributed by atoms with Gasteiger partial charge in [0.25, 0.3) is 5.56 Å². The maximum absolute atomic E-state index is 13.5. The Balaban J connectivity index is 1.70. The van der Waals surface area contributed by atoms with Crippen molar-refractivity contribution in [3.05, 3.63) is 101 Å². The smallest absolute Gasteiger partial charge is 0.277 e. The highest BCUT2D eigenvalue weighted by atomic mass is 19.1. The highest BCUT2D eigenvalue weighted by Gasteiger charge is 2.17. The van der Waals surface area contributed by atoms with Gasteiger partial charge in [-0.3, -0.25) is 19.1 Å². The molecule has 36 heavy (non-hydrogen) atoms. The lowest BCUT2D eigenvalue weighted by Crippen LogP contribution is -2.38. The lowest BCUT2D eigenvalue weighted by Gasteiger charge is -2.16. The Hall–Kier alpha value is -4.44. The summed E-state index contributed by atoms with van der Waals surface area (Å²) in [7, 11) is 1.63. The number of rotatable bonds is 8. The molecule has 0 unspecified atom stereocenters. The first-order chi connectivity index (χ1) is 17.3. The quantitative estimate of drug-likeness (QED) is 0.387. The van der Waals surface area contributed by atoms with Gasteiger partial charge in [0, 0.05) is 11.8 Å². The van der Waals surface area contributed by atoms with E-state index in [-0.39, 0.29) is 23.9 Å². The lowest BCUT2D eigenvalue weighted by atomic mass is 10.2. The summed E-state index contributed by atoms with van der Waals surface area (Å²) >= 11 is 0. The average Bonchev–Trinajstić information content (AvgIpc) is 2.88. The van der Waals surface area contributed by atoms with Crippen molar-refractivity contribution in [1.82, 2.24) is 19.9 Å². The molecule has 184 valence electrons. The molecule has 4 rings (SSSR count). The summed E-state index contributed by atoms with van der Waals surface area (Å²) in [6.45, 7) is 1.70. The van der Waals surface area contributed by atoms with Crippen LogP contribution in [0.1, 0.15) is 12.5 Å². The number of nitrogens with one attached hydrogen (secondary N) is 2. The van der Waals surface area contributed by atoms with Gasteiger partial charge < -0.3 is 15.4 Å². The molecule has 0 fully saturated rings. The van der Waals surface area contributed by atoms with Gasteiger partial charge in [0.2, 0.25) is 5.91 Å². The van der Waals surface area contributed by atoms with Crippen LogP contribution in [0, 0.1) is 11.6 Å². The molecule has 0 saturated carbocycles. The Bertz CT molecular complexity index is 1420. The lowest BCUT2D eigenvalue weighted by molar-refractivity contribution is -0.117. The van der Waals surface area contributed by atoms with Crippen LogP contribution in [0.4, 0.5) is 14.5 Å². The molecule has 0 aliphatic heterocycles. The highest BCUT2D eigenvalue weighted by molar-refractivity contribution is 5.94. The summed E-state index contributed by atoms with van der Waals surface area (Å²) in [5.41, 5.74) is 0.626. The molecule has 0 bridgehead atoms. The summed E-state index contributed by atoms with van der Waals surface area (Å²) in [4.78, 5) is 34.3. The van der Waals surface area contributed by atoms with E-state index in [9.17, 15) is 18.4 Å². The van der Waals surface area contributed by atoms with Crippen LogP contribution in [-0.2, 0) is 11.3 Å². The summed E-state index contributed by atoms with van der Waals surface area (Å²) in [5.74, 6) is -0.114. The Morgan fingerprint density at radius 2 is 1.67 bits per heavy atom. The summed E-state index contributed by atoms with van der Waals surface area (Å²) in [5, 5.41) is 5.41. The molecule has 2 N–H and O–H groups in total. The summed E-state index contributed by atoms with van der Waals surface area (Å²) in [6, 6.07) is 12.3. The second-order valence-electron chi connectivity index (χ2n) is 7.98. The van der Waals surface area contributed by atoms with Gasteiger partial charge in [-0.2, -0.15) is 0 Å². The number of hydrogen-bond donors (Lipinski definition) is 2. The number of aromatic nitrogens is 3. The molecular weight excluding hydrogens is 468 g/mol. The maximum Gasteiger partial charge on any atom is 0.277 e. The van der Waals surface area contributed by atoms with E-state index in [0.29, 0.717) is 22.6 Å². The van der Waals surface area contributed by atoms with E-state index >= 15 is 0 Å². The molecular formula is C26H23F2N5O3. The third kappa shape index (κ3) is 5.78. The fourth-order valence-electron chi connectivity index (χ4n) is 3.35. The third-order valence-corrected chi connectivity index (χ3v) is 5.39. The standard InChI is InChI=1S/C26H23F2N5O3/c1-16(29-2)25(34)32-23-14-31-24(18-3-5-19(27)6-4-18)33(26(23)35)15-17-11-22(13-30-12-17)36-21-9-7-20(28)8-10-21/h3-14,16,29H,15H2,1-2H3,(H,32,34)/t16-/m0/s1. The van der Waals surface area contributed by atoms with Crippen molar-refractivity contribution in [1.29, 1.82) is 0 Å². The van der Waals surface area contributed by atoms with Gasteiger partial charge in [0.1, 0.15) is 34.6 Å². The zero-order valence-corrected chi connectivity index (χ0v) is 19.5. The predicted molar refractivity (Wildman–Crippen MR) is 131 cm³/mol. The van der Waals surface area contributed by atoms with Crippen molar-refractivity contribution in [3.63, 3.8) is 0 Å². The van der Waals surface area contributed by atoms with Gasteiger partial charge in [0.05, 0.1) is 25.0 Å². The zero-order valence-electron chi connectivity index (χ0n) is 19.5. The van der Waals surface area contributed by atoms with Crippen molar-refractivity contribution < 1.29 is 18.3 Å². The number of hydrogen-bond acceptors (Lipinski definition) is 6. The van der Waals surface area contributed by atoms with E-state index in [1.54, 1.807) is 26.2 Å². The largest absolute Gasteiger partial charge is 0.456 e. The Labute approximate surface area is 205 Å². The minimum Gasteiger partial charge on any atom is -0.456 e. The van der Waals surface area contributed by atoms with Gasteiger partial charge in [0.15, 0.2) is 0 Å². The molecule has 2 aromatic carbocycles. The number of amides is 1. The van der Waals surface area contributed by atoms with Gasteiger partial charge in [-0.15, -0.1) is 0 Å². The molecule has 0 aliphatic carbocycles. The zero-order chi connectivity index (χ0) is 25.7. The van der Waals surface area contributed by atoms with Crippen LogP contribution < -0.4 is 20.9 Å². The van der Waals surface area contributed by atoms with Gasteiger partial charge in [-0.1, -0.05) is 0 Å². The second kappa shape index (κ2) is 10.9. The van der Waals surface area contributed by atoms with E-state index in [1.807, 2.05) is 0 Å².